The van der Waals surface area contributed by atoms with Crippen LogP contribution in [0.15, 0.2) is 0 Å². The minimum atomic E-state index is 1.14. The van der Waals surface area contributed by atoms with Crippen LogP contribution in [-0.2, 0) is 0 Å². The van der Waals surface area contributed by atoms with Gasteiger partial charge in [0.1, 0.15) is 0 Å². The summed E-state index contributed by atoms with van der Waals surface area (Å²) in [6.07, 6.45) is 26.2. The molecule has 0 saturated carbocycles. The zero-order valence-corrected chi connectivity index (χ0v) is 17.1. The largest absolute Gasteiger partial charge is 0.0654 e. The molecule has 0 spiro atoms. The highest BCUT2D eigenvalue weighted by Gasteiger charge is 1.94. The fourth-order valence-corrected chi connectivity index (χ4v) is 4.27. The van der Waals surface area contributed by atoms with E-state index in [1.165, 1.54) is 109 Å². The third kappa shape index (κ3) is 19.2. The molecule has 122 valence electrons. The van der Waals surface area contributed by atoms with E-state index < -0.39 is 0 Å². The highest BCUT2D eigenvalue weighted by atomic mass is 127. The molecular formula is C18H38IP. The highest BCUT2D eigenvalue weighted by Crippen LogP contribution is 2.22. The standard InChI is InChI=1S/C18H38IP/c1-2-3-4-5-6-7-8-9-10-11-12-13-14-15-16-17-18-20-19/h20H,2-18H2,1H3. The van der Waals surface area contributed by atoms with Crippen molar-refractivity contribution in [3.63, 3.8) is 0 Å². The Bertz CT molecular complexity index is 143. The molecular weight excluding hydrogens is 374 g/mol. The van der Waals surface area contributed by atoms with Crippen molar-refractivity contribution in [1.29, 1.82) is 0 Å². The van der Waals surface area contributed by atoms with Gasteiger partial charge < -0.3 is 0 Å². The number of unbranched alkanes of at least 4 members (excludes halogenated alkanes) is 15. The van der Waals surface area contributed by atoms with Gasteiger partial charge in [0, 0.05) is 0 Å². The van der Waals surface area contributed by atoms with Crippen molar-refractivity contribution in [1.82, 2.24) is 0 Å². The molecule has 0 rings (SSSR count). The maximum Gasteiger partial charge on any atom is -0.0263 e. The lowest BCUT2D eigenvalue weighted by molar-refractivity contribution is 0.531. The Kier molecular flexibility index (Phi) is 21.3. The summed E-state index contributed by atoms with van der Waals surface area (Å²) in [6.45, 7) is 2.30. The van der Waals surface area contributed by atoms with Crippen molar-refractivity contribution >= 4 is 28.3 Å². The molecule has 1 unspecified atom stereocenters. The van der Waals surface area contributed by atoms with Crippen molar-refractivity contribution in [2.24, 2.45) is 0 Å². The Morgan fingerprint density at radius 2 is 0.800 bits per heavy atom. The summed E-state index contributed by atoms with van der Waals surface area (Å²) in [6, 6.07) is 0. The van der Waals surface area contributed by atoms with Gasteiger partial charge in [-0.2, -0.15) is 0 Å². The van der Waals surface area contributed by atoms with E-state index in [-0.39, 0.29) is 0 Å². The van der Waals surface area contributed by atoms with Crippen LogP contribution in [0.2, 0.25) is 0 Å². The molecule has 0 radical (unpaired) electrons. The predicted octanol–water partition coefficient (Wildman–Crippen LogP) is 8.28. The Labute approximate surface area is 143 Å². The van der Waals surface area contributed by atoms with Gasteiger partial charge in [0.15, 0.2) is 0 Å². The first kappa shape index (κ1) is 21.2. The zero-order valence-electron chi connectivity index (χ0n) is 13.9. The minimum Gasteiger partial charge on any atom is -0.0654 e. The highest BCUT2D eigenvalue weighted by molar-refractivity contribution is 14.2. The van der Waals surface area contributed by atoms with Gasteiger partial charge in [-0.25, -0.2) is 0 Å². The van der Waals surface area contributed by atoms with E-state index in [1.54, 1.807) is 0 Å². The molecule has 0 aromatic carbocycles. The fourth-order valence-electron chi connectivity index (χ4n) is 2.74. The summed E-state index contributed by atoms with van der Waals surface area (Å²) in [4.78, 5) is 0. The molecule has 0 bridgehead atoms. The van der Waals surface area contributed by atoms with Gasteiger partial charge in [-0.1, -0.05) is 132 Å². The lowest BCUT2D eigenvalue weighted by Gasteiger charge is -2.03. The second-order valence-electron chi connectivity index (χ2n) is 6.19. The lowest BCUT2D eigenvalue weighted by atomic mass is 10.0. The molecule has 0 amide bonds. The third-order valence-corrected chi connectivity index (χ3v) is 6.29. The average Bonchev–Trinajstić information content (AvgIpc) is 2.47. The number of hydrogen-bond donors (Lipinski definition) is 0. The average molecular weight is 412 g/mol. The van der Waals surface area contributed by atoms with Gasteiger partial charge >= 0.3 is 0 Å². The molecule has 20 heavy (non-hydrogen) atoms. The van der Waals surface area contributed by atoms with Crippen molar-refractivity contribution < 1.29 is 0 Å². The molecule has 0 aromatic rings. The molecule has 0 saturated heterocycles. The first-order valence-electron chi connectivity index (χ1n) is 9.25. The summed E-state index contributed by atoms with van der Waals surface area (Å²) >= 11 is 2.52. The lowest BCUT2D eigenvalue weighted by Crippen LogP contribution is -1.83. The van der Waals surface area contributed by atoms with Crippen molar-refractivity contribution in [3.8, 4) is 0 Å². The van der Waals surface area contributed by atoms with Gasteiger partial charge in [0.2, 0.25) is 0 Å². The second kappa shape index (κ2) is 20.2. The smallest absolute Gasteiger partial charge is 0.0263 e. The number of halogens is 1. The topological polar surface area (TPSA) is 0 Å². The molecule has 0 aliphatic rings. The first-order valence-corrected chi connectivity index (χ1v) is 13.6. The molecule has 0 nitrogen and oxygen atoms in total. The number of rotatable bonds is 17. The summed E-state index contributed by atoms with van der Waals surface area (Å²) in [5.74, 6) is 0. The van der Waals surface area contributed by atoms with Crippen molar-refractivity contribution in [3.05, 3.63) is 0 Å². The molecule has 0 aromatic heterocycles. The van der Waals surface area contributed by atoms with Gasteiger partial charge in [-0.15, -0.1) is 0 Å². The van der Waals surface area contributed by atoms with Crippen LogP contribution in [0, 0.1) is 0 Å². The summed E-state index contributed by atoms with van der Waals surface area (Å²) in [5.41, 5.74) is 0. The van der Waals surface area contributed by atoms with Crippen LogP contribution < -0.4 is 0 Å². The van der Waals surface area contributed by atoms with Crippen molar-refractivity contribution in [2.75, 3.05) is 6.16 Å². The van der Waals surface area contributed by atoms with Crippen LogP contribution in [0.4, 0.5) is 0 Å². The molecule has 0 fully saturated rings. The predicted molar refractivity (Wildman–Crippen MR) is 107 cm³/mol. The van der Waals surface area contributed by atoms with Crippen LogP contribution in [0.1, 0.15) is 110 Å². The summed E-state index contributed by atoms with van der Waals surface area (Å²) in [5, 5.41) is 0. The van der Waals surface area contributed by atoms with Gasteiger partial charge in [0.05, 0.1) is 0 Å². The first-order chi connectivity index (χ1) is 9.91. The monoisotopic (exact) mass is 412 g/mol. The molecule has 0 heterocycles. The van der Waals surface area contributed by atoms with E-state index in [4.69, 9.17) is 0 Å². The Balaban J connectivity index is 2.89. The van der Waals surface area contributed by atoms with Gasteiger partial charge in [-0.05, 0) is 12.6 Å². The zero-order chi connectivity index (χ0) is 14.7. The van der Waals surface area contributed by atoms with Crippen LogP contribution in [0.25, 0.3) is 0 Å². The van der Waals surface area contributed by atoms with E-state index in [1.807, 2.05) is 0 Å². The third-order valence-electron chi connectivity index (χ3n) is 4.12. The fraction of sp³-hybridized carbons (Fsp3) is 1.00. The quantitative estimate of drug-likeness (QED) is 0.128. The van der Waals surface area contributed by atoms with E-state index in [0.29, 0.717) is 0 Å². The maximum atomic E-state index is 2.52. The summed E-state index contributed by atoms with van der Waals surface area (Å²) in [7, 11) is 0. The molecule has 1 atom stereocenters. The minimum absolute atomic E-state index is 1.14. The Morgan fingerprint density at radius 3 is 1.10 bits per heavy atom. The maximum absolute atomic E-state index is 2.52. The molecule has 0 aliphatic heterocycles. The van der Waals surface area contributed by atoms with Crippen LogP contribution in [-0.4, -0.2) is 6.16 Å². The van der Waals surface area contributed by atoms with Gasteiger partial charge in [-0.3, -0.25) is 0 Å². The van der Waals surface area contributed by atoms with E-state index in [0.717, 1.165) is 6.22 Å². The van der Waals surface area contributed by atoms with E-state index >= 15 is 0 Å². The van der Waals surface area contributed by atoms with Gasteiger partial charge in [0.25, 0.3) is 0 Å². The Morgan fingerprint density at radius 1 is 0.500 bits per heavy atom. The van der Waals surface area contributed by atoms with Crippen molar-refractivity contribution in [2.45, 2.75) is 110 Å². The molecule has 0 N–H and O–H groups in total. The summed E-state index contributed by atoms with van der Waals surface area (Å²) < 4.78 is 0. The second-order valence-corrected chi connectivity index (χ2v) is 9.24. The van der Waals surface area contributed by atoms with E-state index in [9.17, 15) is 0 Å². The number of hydrogen-bond acceptors (Lipinski definition) is 0. The molecule has 0 aliphatic carbocycles. The normalized spacial score (nSPS) is 11.7. The van der Waals surface area contributed by atoms with E-state index in [2.05, 4.69) is 29.0 Å². The van der Waals surface area contributed by atoms with Crippen LogP contribution in [0.3, 0.4) is 0 Å². The van der Waals surface area contributed by atoms with Crippen LogP contribution >= 0.6 is 28.3 Å². The SMILES string of the molecule is CCCCCCCCCCCCCCCCCCPI. The Hall–Kier alpha value is 1.16. The van der Waals surface area contributed by atoms with Crippen LogP contribution in [0.5, 0.6) is 0 Å². The molecule has 2 heteroatoms.